The molecule has 0 saturated heterocycles. The van der Waals surface area contributed by atoms with E-state index in [0.717, 1.165) is 5.56 Å². The average molecular weight is 438 g/mol. The summed E-state index contributed by atoms with van der Waals surface area (Å²) in [5.74, 6) is 0.0690. The lowest BCUT2D eigenvalue weighted by molar-refractivity contribution is 0.483. The summed E-state index contributed by atoms with van der Waals surface area (Å²) in [6.45, 7) is 0. The quantitative estimate of drug-likeness (QED) is 0.236. The van der Waals surface area contributed by atoms with Gasteiger partial charge in [-0.25, -0.2) is 10.4 Å². The average Bonchev–Trinajstić information content (AvgIpc) is 2.74. The minimum Gasteiger partial charge on any atom is -0.377 e. The van der Waals surface area contributed by atoms with Gasteiger partial charge in [0.15, 0.2) is 0 Å². The summed E-state index contributed by atoms with van der Waals surface area (Å²) >= 11 is 0. The maximum atomic E-state index is 12.0. The lowest BCUT2D eigenvalue weighted by Gasteiger charge is -2.17. The molecule has 0 aromatic heterocycles. The van der Waals surface area contributed by atoms with Crippen molar-refractivity contribution in [3.8, 4) is 0 Å². The zero-order chi connectivity index (χ0) is 22.4. The molecule has 160 valence electrons. The Morgan fingerprint density at radius 3 is 2.13 bits per heavy atom. The lowest BCUT2D eigenvalue weighted by Crippen LogP contribution is -2.28. The summed E-state index contributed by atoms with van der Waals surface area (Å²) in [7, 11) is -1.07. The molecule has 0 heterocycles. The van der Waals surface area contributed by atoms with Gasteiger partial charge in [0.25, 0.3) is 10.1 Å². The Labute approximate surface area is 181 Å². The van der Waals surface area contributed by atoms with E-state index in [9.17, 15) is 13.0 Å². The van der Waals surface area contributed by atoms with Gasteiger partial charge in [-0.2, -0.15) is 13.5 Å². The molecule has 0 saturated carbocycles. The Balaban J connectivity index is 2.07. The van der Waals surface area contributed by atoms with Crippen LogP contribution in [0.15, 0.2) is 93.9 Å². The van der Waals surface area contributed by atoms with E-state index in [-0.39, 0.29) is 10.9 Å². The van der Waals surface area contributed by atoms with Crippen molar-refractivity contribution in [2.75, 3.05) is 19.0 Å². The number of hydrazone groups is 1. The van der Waals surface area contributed by atoms with Crippen LogP contribution in [0.4, 0.5) is 11.4 Å². The molecule has 3 rings (SSSR count). The van der Waals surface area contributed by atoms with Crippen LogP contribution in [0.1, 0.15) is 11.1 Å². The van der Waals surface area contributed by atoms with Crippen LogP contribution >= 0.6 is 0 Å². The maximum absolute atomic E-state index is 12.0. The van der Waals surface area contributed by atoms with E-state index >= 15 is 0 Å². The number of nitrogens with two attached hydrogens (primary N) is 1. The first-order valence-corrected chi connectivity index (χ1v) is 10.8. The Morgan fingerprint density at radius 1 is 0.935 bits per heavy atom. The van der Waals surface area contributed by atoms with E-state index in [1.54, 1.807) is 43.3 Å². The van der Waals surface area contributed by atoms with Crippen molar-refractivity contribution in [2.45, 2.75) is 4.90 Å². The van der Waals surface area contributed by atoms with Crippen LogP contribution in [0.25, 0.3) is 0 Å². The molecule has 0 bridgehead atoms. The van der Waals surface area contributed by atoms with Gasteiger partial charge in [-0.05, 0) is 24.3 Å². The zero-order valence-electron chi connectivity index (χ0n) is 17.1. The van der Waals surface area contributed by atoms with Gasteiger partial charge in [-0.15, -0.1) is 0 Å². The number of hydrogen-bond acceptors (Lipinski definition) is 5. The molecule has 0 amide bonds. The maximum Gasteiger partial charge on any atom is 0.296 e. The third-order valence-electron chi connectivity index (χ3n) is 4.33. The van der Waals surface area contributed by atoms with Gasteiger partial charge >= 0.3 is 0 Å². The Hall–Kier alpha value is -3.69. The molecule has 0 aliphatic heterocycles. The predicted molar refractivity (Wildman–Crippen MR) is 124 cm³/mol. The fourth-order valence-corrected chi connectivity index (χ4v) is 3.70. The van der Waals surface area contributed by atoms with E-state index in [0.29, 0.717) is 22.6 Å². The van der Waals surface area contributed by atoms with Crippen molar-refractivity contribution in [3.63, 3.8) is 0 Å². The first-order chi connectivity index (χ1) is 14.8. The third kappa shape index (κ3) is 5.68. The smallest absolute Gasteiger partial charge is 0.296 e. The van der Waals surface area contributed by atoms with Gasteiger partial charge in [0.2, 0.25) is 5.96 Å². The largest absolute Gasteiger partial charge is 0.377 e. The monoisotopic (exact) mass is 437 g/mol. The van der Waals surface area contributed by atoms with Crippen molar-refractivity contribution in [3.05, 3.63) is 90.0 Å². The van der Waals surface area contributed by atoms with Gasteiger partial charge in [-0.1, -0.05) is 54.6 Å². The molecule has 0 aliphatic rings. The van der Waals surface area contributed by atoms with E-state index in [1.165, 1.54) is 6.07 Å². The summed E-state index contributed by atoms with van der Waals surface area (Å²) in [4.78, 5) is 5.63. The zero-order valence-corrected chi connectivity index (χ0v) is 17.9. The van der Waals surface area contributed by atoms with Gasteiger partial charge < -0.3 is 10.6 Å². The van der Waals surface area contributed by atoms with Crippen LogP contribution in [-0.2, 0) is 10.1 Å². The molecule has 0 fully saturated rings. The van der Waals surface area contributed by atoms with Crippen LogP contribution in [0, 0.1) is 0 Å². The molecular formula is C22H23N5O3S. The Morgan fingerprint density at radius 2 is 1.55 bits per heavy atom. The summed E-state index contributed by atoms with van der Waals surface area (Å²) in [5, 5.41) is 4.38. The van der Waals surface area contributed by atoms with Crippen molar-refractivity contribution >= 4 is 33.2 Å². The van der Waals surface area contributed by atoms with Gasteiger partial charge in [-0.3, -0.25) is 4.55 Å². The van der Waals surface area contributed by atoms with Crippen LogP contribution in [0.3, 0.4) is 0 Å². The Bertz CT molecular complexity index is 1210. The highest BCUT2D eigenvalue weighted by molar-refractivity contribution is 7.86. The van der Waals surface area contributed by atoms with E-state index in [2.05, 4.69) is 15.5 Å². The SMILES string of the molecule is CN(C)c1ccc(/C(=N/NC(N)=Nc2ccccc2)c2ccccc2)cc1S(=O)(=O)O. The van der Waals surface area contributed by atoms with Gasteiger partial charge in [0.05, 0.1) is 17.1 Å². The predicted octanol–water partition coefficient (Wildman–Crippen LogP) is 2.99. The van der Waals surface area contributed by atoms with Crippen LogP contribution in [0.2, 0.25) is 0 Å². The second-order valence-corrected chi connectivity index (χ2v) is 8.21. The molecule has 9 heteroatoms. The molecule has 31 heavy (non-hydrogen) atoms. The number of nitrogens with one attached hydrogen (secondary N) is 1. The topological polar surface area (TPSA) is 120 Å². The summed E-state index contributed by atoms with van der Waals surface area (Å²) in [6, 6.07) is 23.1. The number of hydrogen-bond donors (Lipinski definition) is 3. The number of rotatable bonds is 6. The van der Waals surface area contributed by atoms with E-state index in [4.69, 9.17) is 5.73 Å². The molecule has 3 aromatic rings. The fourth-order valence-electron chi connectivity index (χ4n) is 2.91. The lowest BCUT2D eigenvalue weighted by atomic mass is 10.0. The molecule has 0 atom stereocenters. The second-order valence-electron chi connectivity index (χ2n) is 6.82. The first kappa shape index (κ1) is 22.0. The molecule has 3 aromatic carbocycles. The minimum atomic E-state index is -4.45. The highest BCUT2D eigenvalue weighted by Crippen LogP contribution is 2.26. The van der Waals surface area contributed by atoms with Crippen LogP contribution in [-0.4, -0.2) is 38.7 Å². The summed E-state index contributed by atoms with van der Waals surface area (Å²) in [6.07, 6.45) is 0. The number of guanidine groups is 1. The van der Waals surface area contributed by atoms with E-state index in [1.807, 2.05) is 48.5 Å². The number of aliphatic imine (C=N–C) groups is 1. The van der Waals surface area contributed by atoms with Crippen molar-refractivity contribution < 1.29 is 13.0 Å². The highest BCUT2D eigenvalue weighted by Gasteiger charge is 2.20. The number of para-hydroxylation sites is 1. The molecule has 0 spiro atoms. The summed E-state index contributed by atoms with van der Waals surface area (Å²) < 4.78 is 33.7. The van der Waals surface area contributed by atoms with Crippen molar-refractivity contribution in [1.82, 2.24) is 5.43 Å². The number of benzene rings is 3. The number of anilines is 1. The fraction of sp³-hybridized carbons (Fsp3) is 0.0909. The van der Waals surface area contributed by atoms with E-state index < -0.39 is 10.1 Å². The van der Waals surface area contributed by atoms with Crippen LogP contribution < -0.4 is 16.1 Å². The molecular weight excluding hydrogens is 414 g/mol. The van der Waals surface area contributed by atoms with Gasteiger partial charge in [0, 0.05) is 25.2 Å². The van der Waals surface area contributed by atoms with Crippen molar-refractivity contribution in [1.29, 1.82) is 0 Å². The molecule has 8 nitrogen and oxygen atoms in total. The van der Waals surface area contributed by atoms with Crippen LogP contribution in [0.5, 0.6) is 0 Å². The molecule has 0 unspecified atom stereocenters. The second kappa shape index (κ2) is 9.41. The van der Waals surface area contributed by atoms with Gasteiger partial charge in [0.1, 0.15) is 4.90 Å². The standard InChI is InChI=1S/C22H23N5O3S/c1-27(2)19-14-13-17(15-20(19)31(28,29)30)21(16-9-5-3-6-10-16)25-26-22(23)24-18-11-7-4-8-12-18/h3-15H,1-2H3,(H3,23,24,26)(H,28,29,30)/b25-21+. The molecule has 0 aliphatic carbocycles. The highest BCUT2D eigenvalue weighted by atomic mass is 32.2. The normalized spacial score (nSPS) is 12.5. The number of nitrogens with zero attached hydrogens (tertiary/aromatic N) is 3. The van der Waals surface area contributed by atoms with Crippen molar-refractivity contribution in [2.24, 2.45) is 15.8 Å². The summed E-state index contributed by atoms with van der Waals surface area (Å²) in [5.41, 5.74) is 11.3. The first-order valence-electron chi connectivity index (χ1n) is 9.33. The molecule has 4 N–H and O–H groups in total. The third-order valence-corrected chi connectivity index (χ3v) is 5.21. The minimum absolute atomic E-state index is 0.0690. The molecule has 0 radical (unpaired) electrons. The Kier molecular flexibility index (Phi) is 6.68.